The highest BCUT2D eigenvalue weighted by atomic mass is 32.2. The summed E-state index contributed by atoms with van der Waals surface area (Å²) in [6.07, 6.45) is 2.35. The first-order valence-corrected chi connectivity index (χ1v) is 6.89. The molecule has 0 spiro atoms. The lowest BCUT2D eigenvalue weighted by molar-refractivity contribution is -0.139. The summed E-state index contributed by atoms with van der Waals surface area (Å²) in [5.41, 5.74) is 0. The topological polar surface area (TPSA) is 89.9 Å². The van der Waals surface area contributed by atoms with Crippen LogP contribution in [0.1, 0.15) is 12.8 Å². The third-order valence-corrected chi connectivity index (χ3v) is 3.30. The number of nitrogens with zero attached hydrogens (tertiary/aromatic N) is 1. The van der Waals surface area contributed by atoms with Gasteiger partial charge in [0.1, 0.15) is 6.04 Å². The van der Waals surface area contributed by atoms with Crippen LogP contribution in [-0.4, -0.2) is 64.4 Å². The first-order chi connectivity index (χ1) is 8.04. The molecule has 1 aliphatic rings. The fourth-order valence-electron chi connectivity index (χ4n) is 1.66. The maximum absolute atomic E-state index is 11.7. The second-order valence-electron chi connectivity index (χ2n) is 4.01. The van der Waals surface area contributed by atoms with E-state index in [1.165, 1.54) is 16.7 Å². The zero-order valence-corrected chi connectivity index (χ0v) is 10.6. The van der Waals surface area contributed by atoms with Crippen molar-refractivity contribution in [1.82, 2.24) is 10.2 Å². The van der Waals surface area contributed by atoms with Crippen molar-refractivity contribution in [3.05, 3.63) is 0 Å². The zero-order chi connectivity index (χ0) is 12.8. The number of likely N-dealkylation sites (tertiary alicyclic amines) is 1. The molecule has 3 N–H and O–H groups in total. The first-order valence-electron chi connectivity index (χ1n) is 5.50. The lowest BCUT2D eigenvalue weighted by Gasteiger charge is -2.20. The van der Waals surface area contributed by atoms with Gasteiger partial charge in [0.25, 0.3) is 0 Å². The zero-order valence-electron chi connectivity index (χ0n) is 9.76. The third kappa shape index (κ3) is 4.43. The number of urea groups is 1. The third-order valence-electron chi connectivity index (χ3n) is 2.66. The number of nitrogens with one attached hydrogen (secondary N) is 1. The van der Waals surface area contributed by atoms with Crippen LogP contribution in [0.5, 0.6) is 0 Å². The predicted molar refractivity (Wildman–Crippen MR) is 65.2 cm³/mol. The monoisotopic (exact) mass is 262 g/mol. The summed E-state index contributed by atoms with van der Waals surface area (Å²) in [5.74, 6) is -0.341. The van der Waals surface area contributed by atoms with Gasteiger partial charge in [-0.25, -0.2) is 9.59 Å². The van der Waals surface area contributed by atoms with Crippen molar-refractivity contribution in [3.8, 4) is 0 Å². The van der Waals surface area contributed by atoms with E-state index < -0.39 is 24.1 Å². The average molecular weight is 262 g/mol. The lowest BCUT2D eigenvalue weighted by atomic mass is 10.2. The Morgan fingerprint density at radius 1 is 1.59 bits per heavy atom. The number of amides is 2. The largest absolute Gasteiger partial charge is 0.480 e. The molecule has 0 aliphatic carbocycles. The van der Waals surface area contributed by atoms with Gasteiger partial charge in [-0.3, -0.25) is 0 Å². The van der Waals surface area contributed by atoms with Crippen LogP contribution in [0.4, 0.5) is 4.79 Å². The highest BCUT2D eigenvalue weighted by Gasteiger charge is 2.27. The van der Waals surface area contributed by atoms with Crippen molar-refractivity contribution in [3.63, 3.8) is 0 Å². The maximum atomic E-state index is 11.7. The number of aliphatic hydroxyl groups excluding tert-OH is 1. The molecule has 2 atom stereocenters. The molecule has 2 amide bonds. The van der Waals surface area contributed by atoms with Gasteiger partial charge in [-0.2, -0.15) is 11.8 Å². The number of carboxylic acids is 1. The molecule has 1 saturated heterocycles. The smallest absolute Gasteiger partial charge is 0.326 e. The number of carboxylic acid groups (broad SMARTS) is 1. The van der Waals surface area contributed by atoms with Gasteiger partial charge in [-0.15, -0.1) is 0 Å². The molecule has 0 bridgehead atoms. The van der Waals surface area contributed by atoms with E-state index in [1.807, 2.05) is 6.26 Å². The molecule has 1 fully saturated rings. The van der Waals surface area contributed by atoms with Gasteiger partial charge in [-0.1, -0.05) is 0 Å². The summed E-state index contributed by atoms with van der Waals surface area (Å²) < 4.78 is 0. The molecule has 6 nitrogen and oxygen atoms in total. The van der Waals surface area contributed by atoms with Gasteiger partial charge in [-0.05, 0) is 24.9 Å². The lowest BCUT2D eigenvalue weighted by Crippen LogP contribution is -2.47. The number of hydrogen-bond donors (Lipinski definition) is 3. The van der Waals surface area contributed by atoms with Gasteiger partial charge in [0.05, 0.1) is 6.10 Å². The Morgan fingerprint density at radius 2 is 2.29 bits per heavy atom. The Hall–Kier alpha value is -0.950. The van der Waals surface area contributed by atoms with E-state index in [1.54, 1.807) is 0 Å². The number of aliphatic carboxylic acids is 1. The van der Waals surface area contributed by atoms with E-state index in [9.17, 15) is 14.7 Å². The number of hydrogen-bond acceptors (Lipinski definition) is 4. The molecule has 7 heteroatoms. The summed E-state index contributed by atoms with van der Waals surface area (Å²) in [5, 5.41) is 20.7. The van der Waals surface area contributed by atoms with E-state index >= 15 is 0 Å². The number of thioether (sulfide) groups is 1. The van der Waals surface area contributed by atoms with E-state index in [4.69, 9.17) is 5.11 Å². The number of β-amino-alcohol motifs (C(OH)–C–C–N with tert-alkyl or cyclic N) is 1. The molecule has 0 aromatic carbocycles. The van der Waals surface area contributed by atoms with Crippen molar-refractivity contribution in [2.24, 2.45) is 0 Å². The first kappa shape index (κ1) is 14.1. The molecule has 98 valence electrons. The molecule has 0 aromatic rings. The van der Waals surface area contributed by atoms with Crippen LogP contribution < -0.4 is 5.32 Å². The summed E-state index contributed by atoms with van der Waals surface area (Å²) in [4.78, 5) is 24.1. The molecule has 0 saturated carbocycles. The summed E-state index contributed by atoms with van der Waals surface area (Å²) >= 11 is 1.54. The fraction of sp³-hybridized carbons (Fsp3) is 0.800. The molecule has 0 radical (unpaired) electrons. The second-order valence-corrected chi connectivity index (χ2v) is 5.00. The number of rotatable bonds is 5. The fourth-order valence-corrected chi connectivity index (χ4v) is 2.13. The summed E-state index contributed by atoms with van der Waals surface area (Å²) in [7, 11) is 0. The van der Waals surface area contributed by atoms with Crippen LogP contribution in [0.3, 0.4) is 0 Å². The van der Waals surface area contributed by atoms with E-state index in [2.05, 4.69) is 5.32 Å². The molecular formula is C10H18N2O4S. The molecule has 0 aromatic heterocycles. The average Bonchev–Trinajstić information content (AvgIpc) is 2.70. The molecular weight excluding hydrogens is 244 g/mol. The summed E-state index contributed by atoms with van der Waals surface area (Å²) in [6.45, 7) is 0.753. The minimum absolute atomic E-state index is 0.278. The van der Waals surface area contributed by atoms with Crippen molar-refractivity contribution in [2.75, 3.05) is 25.1 Å². The normalized spacial score (nSPS) is 21.3. The number of aliphatic hydroxyl groups is 1. The number of carbonyl (C=O) groups excluding carboxylic acids is 1. The Labute approximate surface area is 104 Å². The van der Waals surface area contributed by atoms with Crippen LogP contribution in [-0.2, 0) is 4.79 Å². The minimum Gasteiger partial charge on any atom is -0.480 e. The van der Waals surface area contributed by atoms with Crippen LogP contribution in [0, 0.1) is 0 Å². The number of carbonyl (C=O) groups is 2. The van der Waals surface area contributed by atoms with Gasteiger partial charge >= 0.3 is 12.0 Å². The van der Waals surface area contributed by atoms with Crippen molar-refractivity contribution in [1.29, 1.82) is 0 Å². The van der Waals surface area contributed by atoms with Crippen molar-refractivity contribution in [2.45, 2.75) is 25.0 Å². The molecule has 1 aliphatic heterocycles. The Balaban J connectivity index is 2.43. The minimum atomic E-state index is -1.02. The highest BCUT2D eigenvalue weighted by Crippen LogP contribution is 2.09. The van der Waals surface area contributed by atoms with Crippen LogP contribution in [0.2, 0.25) is 0 Å². The van der Waals surface area contributed by atoms with Crippen LogP contribution in [0.25, 0.3) is 0 Å². The Morgan fingerprint density at radius 3 is 2.76 bits per heavy atom. The second kappa shape index (κ2) is 6.70. The molecule has 1 unspecified atom stereocenters. The van der Waals surface area contributed by atoms with Gasteiger partial charge in [0.2, 0.25) is 0 Å². The van der Waals surface area contributed by atoms with E-state index in [-0.39, 0.29) is 6.54 Å². The predicted octanol–water partition coefficient (Wildman–Crippen LogP) is -0.0311. The van der Waals surface area contributed by atoms with Gasteiger partial charge in [0, 0.05) is 13.1 Å². The summed E-state index contributed by atoms with van der Waals surface area (Å²) in [6, 6.07) is -1.26. The quantitative estimate of drug-likeness (QED) is 0.647. The Kier molecular flexibility index (Phi) is 5.57. The van der Waals surface area contributed by atoms with Crippen LogP contribution in [0.15, 0.2) is 0 Å². The molecule has 1 heterocycles. The van der Waals surface area contributed by atoms with Crippen molar-refractivity contribution < 1.29 is 19.8 Å². The maximum Gasteiger partial charge on any atom is 0.326 e. The van der Waals surface area contributed by atoms with E-state index in [0.29, 0.717) is 25.1 Å². The molecule has 1 rings (SSSR count). The van der Waals surface area contributed by atoms with Gasteiger partial charge in [0.15, 0.2) is 0 Å². The highest BCUT2D eigenvalue weighted by molar-refractivity contribution is 7.98. The van der Waals surface area contributed by atoms with Crippen LogP contribution >= 0.6 is 11.8 Å². The standard InChI is InChI=1S/C10H18N2O4S/c1-17-5-3-8(9(14)15)11-10(16)12-4-2-7(13)6-12/h7-8,13H,2-6H2,1H3,(H,11,16)(H,14,15)/t7?,8-/m1/s1. The van der Waals surface area contributed by atoms with Crippen molar-refractivity contribution >= 4 is 23.8 Å². The SMILES string of the molecule is CSCC[C@@H](NC(=O)N1CCC(O)C1)C(=O)O. The Bertz CT molecular complexity index is 287. The van der Waals surface area contributed by atoms with E-state index in [0.717, 1.165) is 0 Å². The van der Waals surface area contributed by atoms with Gasteiger partial charge < -0.3 is 20.4 Å². The molecule has 17 heavy (non-hydrogen) atoms.